The Morgan fingerprint density at radius 1 is 1.18 bits per heavy atom. The molecule has 0 aliphatic carbocycles. The Kier molecular flexibility index (Phi) is 4.17. The standard InChI is InChI=1S/C18H14F3N5O2/c1-2-28-15(27)10-3-8-14-13(9-10)23-17-24-16(25-26(14)17)22-12-6-4-11(5-7-12)18(19,20)21/h3-9H,2H2,1H3,(H2,22,23,24,25). The van der Waals surface area contributed by atoms with Crippen LogP contribution in [0.4, 0.5) is 24.8 Å². The van der Waals surface area contributed by atoms with Crippen molar-refractivity contribution in [3.8, 4) is 0 Å². The first kappa shape index (κ1) is 17.8. The highest BCUT2D eigenvalue weighted by atomic mass is 19.4. The van der Waals surface area contributed by atoms with Crippen LogP contribution >= 0.6 is 0 Å². The van der Waals surface area contributed by atoms with E-state index in [0.29, 0.717) is 34.0 Å². The molecule has 4 aromatic rings. The number of aromatic nitrogens is 4. The number of carbonyl (C=O) groups excluding carboxylic acids is 1. The van der Waals surface area contributed by atoms with Crippen LogP contribution in [0.2, 0.25) is 0 Å². The van der Waals surface area contributed by atoms with Crippen LogP contribution in [-0.2, 0) is 10.9 Å². The number of hydrogen-bond donors (Lipinski definition) is 2. The molecule has 0 amide bonds. The summed E-state index contributed by atoms with van der Waals surface area (Å²) in [6.07, 6.45) is -4.38. The third-order valence-corrected chi connectivity index (χ3v) is 4.05. The van der Waals surface area contributed by atoms with E-state index >= 15 is 0 Å². The number of ether oxygens (including phenoxy) is 1. The fraction of sp³-hybridized carbons (Fsp3) is 0.167. The molecule has 0 aliphatic rings. The number of esters is 1. The number of hydrogen-bond acceptors (Lipinski definition) is 5. The van der Waals surface area contributed by atoms with Gasteiger partial charge in [0.05, 0.1) is 28.8 Å². The van der Waals surface area contributed by atoms with Crippen LogP contribution in [0.15, 0.2) is 42.5 Å². The minimum absolute atomic E-state index is 0.279. The average Bonchev–Trinajstić information content (AvgIpc) is 3.18. The first-order valence-corrected chi connectivity index (χ1v) is 8.35. The van der Waals surface area contributed by atoms with Gasteiger partial charge < -0.3 is 10.1 Å². The van der Waals surface area contributed by atoms with Crippen molar-refractivity contribution in [1.82, 2.24) is 19.6 Å². The smallest absolute Gasteiger partial charge is 0.416 e. The molecule has 0 aliphatic heterocycles. The third-order valence-electron chi connectivity index (χ3n) is 4.05. The molecule has 0 fully saturated rings. The van der Waals surface area contributed by atoms with Crippen LogP contribution in [0.1, 0.15) is 22.8 Å². The van der Waals surface area contributed by atoms with E-state index in [4.69, 9.17) is 4.74 Å². The monoisotopic (exact) mass is 389 g/mol. The molecule has 0 unspecified atom stereocenters. The highest BCUT2D eigenvalue weighted by molar-refractivity contribution is 5.94. The lowest BCUT2D eigenvalue weighted by Gasteiger charge is -2.07. The molecule has 2 aromatic carbocycles. The van der Waals surface area contributed by atoms with E-state index in [1.807, 2.05) is 0 Å². The molecule has 0 atom stereocenters. The minimum atomic E-state index is -4.38. The number of carbonyl (C=O) groups is 1. The summed E-state index contributed by atoms with van der Waals surface area (Å²) in [5.41, 5.74) is 1.36. The van der Waals surface area contributed by atoms with E-state index in [9.17, 15) is 18.0 Å². The van der Waals surface area contributed by atoms with Gasteiger partial charge in [0.2, 0.25) is 5.95 Å². The van der Waals surface area contributed by atoms with Gasteiger partial charge in [-0.1, -0.05) is 0 Å². The fourth-order valence-electron chi connectivity index (χ4n) is 2.76. The molecule has 4 rings (SSSR count). The molecule has 10 heteroatoms. The van der Waals surface area contributed by atoms with Crippen molar-refractivity contribution in [2.45, 2.75) is 13.1 Å². The van der Waals surface area contributed by atoms with E-state index in [1.165, 1.54) is 12.1 Å². The Labute approximate surface area is 156 Å². The number of imidazole rings is 1. The summed E-state index contributed by atoms with van der Waals surface area (Å²) >= 11 is 0. The Balaban J connectivity index is 1.60. The first-order chi connectivity index (χ1) is 13.3. The van der Waals surface area contributed by atoms with Crippen molar-refractivity contribution in [2.24, 2.45) is 0 Å². The van der Waals surface area contributed by atoms with E-state index < -0.39 is 17.7 Å². The van der Waals surface area contributed by atoms with Crippen molar-refractivity contribution in [3.05, 3.63) is 53.6 Å². The number of rotatable bonds is 4. The van der Waals surface area contributed by atoms with Crippen molar-refractivity contribution >= 4 is 34.4 Å². The van der Waals surface area contributed by atoms with Gasteiger partial charge >= 0.3 is 12.1 Å². The number of benzene rings is 2. The Morgan fingerprint density at radius 2 is 1.93 bits per heavy atom. The zero-order valence-electron chi connectivity index (χ0n) is 14.5. The number of nitrogens with one attached hydrogen (secondary N) is 2. The van der Waals surface area contributed by atoms with Gasteiger partial charge in [0, 0.05) is 5.69 Å². The van der Waals surface area contributed by atoms with Gasteiger partial charge in [0.1, 0.15) is 0 Å². The molecule has 2 N–H and O–H groups in total. The van der Waals surface area contributed by atoms with E-state index in [1.54, 1.807) is 29.6 Å². The van der Waals surface area contributed by atoms with Crippen LogP contribution in [0, 0.1) is 0 Å². The molecule has 7 nitrogen and oxygen atoms in total. The first-order valence-electron chi connectivity index (χ1n) is 8.35. The molecular weight excluding hydrogens is 375 g/mol. The fourth-order valence-corrected chi connectivity index (χ4v) is 2.76. The number of fused-ring (bicyclic) bond motifs is 3. The van der Waals surface area contributed by atoms with E-state index in [2.05, 4.69) is 20.4 Å². The van der Waals surface area contributed by atoms with Crippen molar-refractivity contribution in [3.63, 3.8) is 0 Å². The Bertz CT molecular complexity index is 1160. The molecule has 2 aromatic heterocycles. The predicted molar refractivity (Wildman–Crippen MR) is 95.5 cm³/mol. The molecule has 0 spiro atoms. The van der Waals surface area contributed by atoms with Crippen LogP contribution in [0.3, 0.4) is 0 Å². The predicted octanol–water partition coefficient (Wildman–Crippen LogP) is 4.15. The molecule has 0 saturated carbocycles. The number of aromatic amines is 1. The van der Waals surface area contributed by atoms with Gasteiger partial charge in [-0.15, -0.1) is 0 Å². The molecule has 0 radical (unpaired) electrons. The van der Waals surface area contributed by atoms with Crippen LogP contribution < -0.4 is 5.32 Å². The maximum atomic E-state index is 12.6. The lowest BCUT2D eigenvalue weighted by atomic mass is 10.2. The summed E-state index contributed by atoms with van der Waals surface area (Å²) in [6.45, 7) is 2.01. The second-order valence-electron chi connectivity index (χ2n) is 5.94. The number of nitrogens with zero attached hydrogens (tertiary/aromatic N) is 3. The summed E-state index contributed by atoms with van der Waals surface area (Å²) in [5, 5.41) is 5.88. The summed E-state index contributed by atoms with van der Waals surface area (Å²) in [7, 11) is 0. The number of halogens is 3. The zero-order chi connectivity index (χ0) is 19.9. The molecule has 28 heavy (non-hydrogen) atoms. The summed E-state index contributed by atoms with van der Waals surface area (Å²) in [6, 6.07) is 9.56. The second-order valence-corrected chi connectivity index (χ2v) is 5.94. The topological polar surface area (TPSA) is 84.3 Å². The van der Waals surface area contributed by atoms with E-state index in [-0.39, 0.29) is 6.61 Å². The summed E-state index contributed by atoms with van der Waals surface area (Å²) in [5.74, 6) is 0.239. The molecular formula is C18H14F3N5O2. The maximum Gasteiger partial charge on any atom is 0.416 e. The molecule has 144 valence electrons. The third kappa shape index (κ3) is 3.24. The number of alkyl halides is 3. The van der Waals surface area contributed by atoms with Gasteiger partial charge in [-0.05, 0) is 49.4 Å². The van der Waals surface area contributed by atoms with Crippen LogP contribution in [0.5, 0.6) is 0 Å². The highest BCUT2D eigenvalue weighted by Gasteiger charge is 2.30. The highest BCUT2D eigenvalue weighted by Crippen LogP contribution is 2.30. The van der Waals surface area contributed by atoms with Crippen molar-refractivity contribution in [1.29, 1.82) is 0 Å². The zero-order valence-corrected chi connectivity index (χ0v) is 14.5. The van der Waals surface area contributed by atoms with Gasteiger partial charge in [0.25, 0.3) is 5.78 Å². The SMILES string of the molecule is CCOC(=O)c1ccc2c(c1)nc1nc(Nc3ccc(C(F)(F)F)cc3)[nH]n12. The van der Waals surface area contributed by atoms with Crippen molar-refractivity contribution in [2.75, 3.05) is 11.9 Å². The summed E-state index contributed by atoms with van der Waals surface area (Å²) < 4.78 is 44.5. The van der Waals surface area contributed by atoms with Crippen LogP contribution in [-0.4, -0.2) is 32.2 Å². The Morgan fingerprint density at radius 3 is 2.61 bits per heavy atom. The maximum absolute atomic E-state index is 12.6. The number of anilines is 2. The molecule has 0 saturated heterocycles. The molecule has 2 heterocycles. The molecule has 0 bridgehead atoms. The second kappa shape index (κ2) is 6.55. The van der Waals surface area contributed by atoms with Gasteiger partial charge in [-0.3, -0.25) is 5.10 Å². The van der Waals surface area contributed by atoms with Gasteiger partial charge in [0.15, 0.2) is 0 Å². The number of H-pyrrole nitrogens is 1. The van der Waals surface area contributed by atoms with E-state index in [0.717, 1.165) is 12.1 Å². The lowest BCUT2D eigenvalue weighted by Crippen LogP contribution is -2.04. The summed E-state index contributed by atoms with van der Waals surface area (Å²) in [4.78, 5) is 20.4. The lowest BCUT2D eigenvalue weighted by molar-refractivity contribution is -0.137. The average molecular weight is 389 g/mol. The normalized spacial score (nSPS) is 11.9. The van der Waals surface area contributed by atoms with Gasteiger partial charge in [-0.2, -0.15) is 18.2 Å². The van der Waals surface area contributed by atoms with Crippen LogP contribution in [0.25, 0.3) is 16.8 Å². The quantitative estimate of drug-likeness (QED) is 0.512. The van der Waals surface area contributed by atoms with Gasteiger partial charge in [-0.25, -0.2) is 14.3 Å². The largest absolute Gasteiger partial charge is 0.462 e. The minimum Gasteiger partial charge on any atom is -0.462 e. The van der Waals surface area contributed by atoms with Crippen molar-refractivity contribution < 1.29 is 22.7 Å². The Hall–Kier alpha value is -3.56.